The molecular weight excluding hydrogens is 366 g/mol. The Kier molecular flexibility index (Phi) is 6.37. The maximum Gasteiger partial charge on any atom is 0.192 e. The highest BCUT2D eigenvalue weighted by atomic mass is 35.5. The first-order valence-corrected chi connectivity index (χ1v) is 9.44. The summed E-state index contributed by atoms with van der Waals surface area (Å²) in [7, 11) is 0. The van der Waals surface area contributed by atoms with Crippen molar-refractivity contribution >= 4 is 18.4 Å². The standard InChI is InChI=1S/C24H25N3.ClH/c1-17-8-6-12-20(14-17)22-23(21-13-7-9-18(2)15-21)27-24(26-22)25-16-19-10-4-3-5-11-19;/h3-15,22-23H,16H2,1-2H3,(H2,25,26,27);1H. The first kappa shape index (κ1) is 20.0. The summed E-state index contributed by atoms with van der Waals surface area (Å²) in [6.45, 7) is 5.02. The average molecular weight is 392 g/mol. The van der Waals surface area contributed by atoms with Crippen molar-refractivity contribution in [2.45, 2.75) is 32.5 Å². The van der Waals surface area contributed by atoms with Crippen LogP contribution in [0, 0.1) is 13.8 Å². The van der Waals surface area contributed by atoms with E-state index in [4.69, 9.17) is 4.99 Å². The fourth-order valence-corrected chi connectivity index (χ4v) is 3.61. The second kappa shape index (κ2) is 8.94. The largest absolute Gasteiger partial charge is 0.352 e. The minimum Gasteiger partial charge on any atom is -0.352 e. The lowest BCUT2D eigenvalue weighted by Crippen LogP contribution is -2.35. The lowest BCUT2D eigenvalue weighted by atomic mass is 9.93. The van der Waals surface area contributed by atoms with Crippen molar-refractivity contribution in [2.24, 2.45) is 4.99 Å². The zero-order valence-electron chi connectivity index (χ0n) is 16.2. The fourth-order valence-electron chi connectivity index (χ4n) is 3.61. The molecule has 0 bridgehead atoms. The minimum atomic E-state index is 0. The summed E-state index contributed by atoms with van der Waals surface area (Å²) in [6.07, 6.45) is 0. The first-order chi connectivity index (χ1) is 13.2. The van der Waals surface area contributed by atoms with E-state index in [1.807, 2.05) is 6.07 Å². The van der Waals surface area contributed by atoms with Gasteiger partial charge < -0.3 is 10.6 Å². The topological polar surface area (TPSA) is 36.4 Å². The maximum absolute atomic E-state index is 5.00. The number of nitrogens with one attached hydrogen (secondary N) is 2. The summed E-state index contributed by atoms with van der Waals surface area (Å²) in [5, 5.41) is 7.08. The second-order valence-electron chi connectivity index (χ2n) is 7.21. The molecule has 0 saturated carbocycles. The predicted molar refractivity (Wildman–Crippen MR) is 119 cm³/mol. The summed E-state index contributed by atoms with van der Waals surface area (Å²) in [4.78, 5) is 5.00. The summed E-state index contributed by atoms with van der Waals surface area (Å²) in [6, 6.07) is 27.9. The van der Waals surface area contributed by atoms with E-state index in [1.54, 1.807) is 0 Å². The first-order valence-electron chi connectivity index (χ1n) is 9.44. The molecule has 144 valence electrons. The average Bonchev–Trinajstić information content (AvgIpc) is 3.12. The molecule has 2 atom stereocenters. The molecule has 4 rings (SSSR count). The third-order valence-electron chi connectivity index (χ3n) is 4.96. The fraction of sp³-hybridized carbons (Fsp3) is 0.208. The number of rotatable bonds is 4. The maximum atomic E-state index is 5.00. The molecule has 4 heteroatoms. The van der Waals surface area contributed by atoms with E-state index in [9.17, 15) is 0 Å². The van der Waals surface area contributed by atoms with Crippen molar-refractivity contribution < 1.29 is 0 Å². The van der Waals surface area contributed by atoms with E-state index in [0.717, 1.165) is 12.5 Å². The van der Waals surface area contributed by atoms with Crippen LogP contribution >= 0.6 is 12.4 Å². The molecule has 0 spiro atoms. The van der Waals surface area contributed by atoms with Gasteiger partial charge in [-0.05, 0) is 30.5 Å². The minimum absolute atomic E-state index is 0. The van der Waals surface area contributed by atoms with Gasteiger partial charge in [-0.15, -0.1) is 12.4 Å². The van der Waals surface area contributed by atoms with Crippen molar-refractivity contribution in [1.29, 1.82) is 0 Å². The molecule has 0 radical (unpaired) electrons. The molecule has 0 aliphatic carbocycles. The third-order valence-corrected chi connectivity index (χ3v) is 4.96. The van der Waals surface area contributed by atoms with Gasteiger partial charge in [-0.3, -0.25) is 0 Å². The van der Waals surface area contributed by atoms with E-state index in [2.05, 4.69) is 97.3 Å². The molecule has 3 nitrogen and oxygen atoms in total. The van der Waals surface area contributed by atoms with Crippen LogP contribution in [0.5, 0.6) is 0 Å². The van der Waals surface area contributed by atoms with E-state index < -0.39 is 0 Å². The highest BCUT2D eigenvalue weighted by molar-refractivity contribution is 5.85. The van der Waals surface area contributed by atoms with Crippen LogP contribution in [-0.2, 0) is 6.54 Å². The van der Waals surface area contributed by atoms with Gasteiger partial charge in [-0.25, -0.2) is 4.99 Å². The van der Waals surface area contributed by atoms with Gasteiger partial charge in [0.1, 0.15) is 6.04 Å². The SMILES string of the molecule is Cc1cccc(C2N=C(NCc3ccccc3)NC2c2cccc(C)c2)c1.Cl. The lowest BCUT2D eigenvalue weighted by molar-refractivity contribution is 0.569. The quantitative estimate of drug-likeness (QED) is 0.636. The number of nitrogens with zero attached hydrogens (tertiary/aromatic N) is 1. The van der Waals surface area contributed by atoms with Crippen LogP contribution in [-0.4, -0.2) is 5.96 Å². The third kappa shape index (κ3) is 4.55. The van der Waals surface area contributed by atoms with Crippen molar-refractivity contribution in [2.75, 3.05) is 0 Å². The Bertz CT molecular complexity index is 953. The normalized spacial score (nSPS) is 18.0. The molecular formula is C24H26ClN3. The Balaban J connectivity index is 0.00000225. The number of halogens is 1. The lowest BCUT2D eigenvalue weighted by Gasteiger charge is -2.20. The molecule has 2 unspecified atom stereocenters. The molecule has 0 amide bonds. The summed E-state index contributed by atoms with van der Waals surface area (Å²) >= 11 is 0. The molecule has 0 saturated heterocycles. The van der Waals surface area contributed by atoms with Crippen LogP contribution in [0.15, 0.2) is 83.9 Å². The van der Waals surface area contributed by atoms with Crippen LogP contribution in [0.25, 0.3) is 0 Å². The summed E-state index contributed by atoms with van der Waals surface area (Å²) in [5.41, 5.74) is 6.28. The van der Waals surface area contributed by atoms with Gasteiger partial charge in [0.15, 0.2) is 5.96 Å². The van der Waals surface area contributed by atoms with Crippen molar-refractivity contribution in [1.82, 2.24) is 10.6 Å². The molecule has 1 aliphatic rings. The Labute approximate surface area is 173 Å². The summed E-state index contributed by atoms with van der Waals surface area (Å²) in [5.74, 6) is 0.858. The Morgan fingerprint density at radius 2 is 1.46 bits per heavy atom. The number of aliphatic imine (C=N–C) groups is 1. The van der Waals surface area contributed by atoms with Gasteiger partial charge in [-0.1, -0.05) is 90.0 Å². The van der Waals surface area contributed by atoms with Gasteiger partial charge in [0.25, 0.3) is 0 Å². The van der Waals surface area contributed by atoms with Crippen LogP contribution in [0.2, 0.25) is 0 Å². The van der Waals surface area contributed by atoms with Gasteiger partial charge in [0, 0.05) is 6.54 Å². The van der Waals surface area contributed by atoms with Crippen molar-refractivity contribution in [3.05, 3.63) is 107 Å². The van der Waals surface area contributed by atoms with E-state index in [0.29, 0.717) is 0 Å². The van der Waals surface area contributed by atoms with Crippen LogP contribution < -0.4 is 10.6 Å². The molecule has 2 N–H and O–H groups in total. The Hall–Kier alpha value is -2.78. The number of benzene rings is 3. The molecule has 0 fully saturated rings. The molecule has 1 heterocycles. The van der Waals surface area contributed by atoms with Gasteiger partial charge in [0.2, 0.25) is 0 Å². The van der Waals surface area contributed by atoms with Crippen LogP contribution in [0.3, 0.4) is 0 Å². The highest BCUT2D eigenvalue weighted by Crippen LogP contribution is 2.36. The molecule has 3 aromatic carbocycles. The molecule has 3 aromatic rings. The van der Waals surface area contributed by atoms with Crippen LogP contribution in [0.1, 0.15) is 39.9 Å². The van der Waals surface area contributed by atoms with Crippen molar-refractivity contribution in [3.8, 4) is 0 Å². The zero-order chi connectivity index (χ0) is 18.6. The molecule has 28 heavy (non-hydrogen) atoms. The van der Waals surface area contributed by atoms with Crippen molar-refractivity contribution in [3.63, 3.8) is 0 Å². The number of guanidine groups is 1. The van der Waals surface area contributed by atoms with E-state index in [-0.39, 0.29) is 24.5 Å². The predicted octanol–water partition coefficient (Wildman–Crippen LogP) is 5.26. The molecule has 0 aromatic heterocycles. The second-order valence-corrected chi connectivity index (χ2v) is 7.21. The van der Waals surface area contributed by atoms with Gasteiger partial charge in [-0.2, -0.15) is 0 Å². The Morgan fingerprint density at radius 3 is 2.14 bits per heavy atom. The highest BCUT2D eigenvalue weighted by Gasteiger charge is 2.31. The number of hydrogen-bond donors (Lipinski definition) is 2. The number of hydrogen-bond acceptors (Lipinski definition) is 3. The van der Waals surface area contributed by atoms with E-state index >= 15 is 0 Å². The molecule has 1 aliphatic heterocycles. The van der Waals surface area contributed by atoms with Crippen LogP contribution in [0.4, 0.5) is 0 Å². The van der Waals surface area contributed by atoms with Gasteiger partial charge >= 0.3 is 0 Å². The van der Waals surface area contributed by atoms with E-state index in [1.165, 1.54) is 27.8 Å². The Morgan fingerprint density at radius 1 is 0.821 bits per heavy atom. The zero-order valence-corrected chi connectivity index (χ0v) is 17.0. The monoisotopic (exact) mass is 391 g/mol. The smallest absolute Gasteiger partial charge is 0.192 e. The number of aryl methyl sites for hydroxylation is 2. The van der Waals surface area contributed by atoms with Gasteiger partial charge in [0.05, 0.1) is 6.04 Å². The summed E-state index contributed by atoms with van der Waals surface area (Å²) < 4.78 is 0.